The van der Waals surface area contributed by atoms with Gasteiger partial charge in [0.1, 0.15) is 22.7 Å². The Morgan fingerprint density at radius 2 is 1.82 bits per heavy atom. The summed E-state index contributed by atoms with van der Waals surface area (Å²) in [6, 6.07) is 10.5. The van der Waals surface area contributed by atoms with E-state index in [1.54, 1.807) is 36.7 Å². The maximum Gasteiger partial charge on any atom is 0.433 e. The molecule has 0 bridgehead atoms. The molecule has 38 heavy (non-hydrogen) atoms. The van der Waals surface area contributed by atoms with Crippen molar-refractivity contribution in [1.29, 1.82) is 0 Å². The molecule has 1 aliphatic rings. The van der Waals surface area contributed by atoms with E-state index < -0.39 is 11.9 Å². The van der Waals surface area contributed by atoms with Crippen LogP contribution < -0.4 is 10.6 Å². The minimum Gasteiger partial charge on any atom is -0.338 e. The summed E-state index contributed by atoms with van der Waals surface area (Å²) >= 11 is 0. The van der Waals surface area contributed by atoms with Crippen LogP contribution in [-0.2, 0) is 11.0 Å². The molecule has 0 atom stereocenters. The Morgan fingerprint density at radius 1 is 1.03 bits per heavy atom. The van der Waals surface area contributed by atoms with E-state index >= 15 is 0 Å². The standard InChI is InChI=1S/C24H23F3N8O.C2H6/c25-24(26,27)19-8-4-6-17(30-19)22-32-23(18-7-5-13-35(18)33-22)29-16-9-10-28-20(14-16)31-21(36)15-34-11-2-1-3-12-34;1-2/h4-10,13-14H,1-3,11-12,15H2,(H2,28,29,31,32,33,36);1-2H3. The number of nitrogens with zero attached hydrogens (tertiary/aromatic N) is 6. The molecular formula is C26H29F3N8O. The predicted molar refractivity (Wildman–Crippen MR) is 139 cm³/mol. The van der Waals surface area contributed by atoms with Crippen LogP contribution in [0, 0.1) is 0 Å². The van der Waals surface area contributed by atoms with Crippen LogP contribution in [0.1, 0.15) is 38.8 Å². The van der Waals surface area contributed by atoms with Crippen LogP contribution in [0.15, 0.2) is 54.9 Å². The van der Waals surface area contributed by atoms with Crippen molar-refractivity contribution in [3.8, 4) is 11.5 Å². The molecule has 1 fully saturated rings. The van der Waals surface area contributed by atoms with Crippen LogP contribution in [0.2, 0.25) is 0 Å². The molecule has 2 N–H and O–H groups in total. The van der Waals surface area contributed by atoms with Crippen LogP contribution in [0.4, 0.5) is 30.5 Å². The molecule has 0 saturated carbocycles. The van der Waals surface area contributed by atoms with Gasteiger partial charge >= 0.3 is 6.18 Å². The van der Waals surface area contributed by atoms with E-state index in [9.17, 15) is 18.0 Å². The summed E-state index contributed by atoms with van der Waals surface area (Å²) in [5.41, 5.74) is 0.162. The smallest absolute Gasteiger partial charge is 0.338 e. The second-order valence-corrected chi connectivity index (χ2v) is 8.47. The summed E-state index contributed by atoms with van der Waals surface area (Å²) < 4.78 is 41.0. The predicted octanol–water partition coefficient (Wildman–Crippen LogP) is 5.40. The van der Waals surface area contributed by atoms with Crippen molar-refractivity contribution >= 4 is 28.7 Å². The largest absolute Gasteiger partial charge is 0.433 e. The van der Waals surface area contributed by atoms with Crippen LogP contribution in [0.5, 0.6) is 0 Å². The number of alkyl halides is 3. The van der Waals surface area contributed by atoms with Gasteiger partial charge in [-0.25, -0.2) is 19.5 Å². The quantitative estimate of drug-likeness (QED) is 0.347. The lowest BCUT2D eigenvalue weighted by Gasteiger charge is -2.25. The highest BCUT2D eigenvalue weighted by Gasteiger charge is 2.32. The zero-order valence-corrected chi connectivity index (χ0v) is 21.2. The Labute approximate surface area is 218 Å². The molecule has 0 aromatic carbocycles. The number of aromatic nitrogens is 5. The number of anilines is 3. The van der Waals surface area contributed by atoms with Gasteiger partial charge in [-0.05, 0) is 56.3 Å². The van der Waals surface area contributed by atoms with Crippen molar-refractivity contribution in [3.05, 3.63) is 60.6 Å². The third-order valence-corrected chi connectivity index (χ3v) is 5.77. The molecule has 1 aliphatic heterocycles. The van der Waals surface area contributed by atoms with Crippen molar-refractivity contribution in [3.63, 3.8) is 0 Å². The lowest BCUT2D eigenvalue weighted by molar-refractivity contribution is -0.141. The molecule has 4 aromatic rings. The number of nitrogens with one attached hydrogen (secondary N) is 2. The fourth-order valence-corrected chi connectivity index (χ4v) is 4.07. The first kappa shape index (κ1) is 27.0. The van der Waals surface area contributed by atoms with Gasteiger partial charge in [-0.3, -0.25) is 9.69 Å². The van der Waals surface area contributed by atoms with Crippen molar-refractivity contribution in [2.75, 3.05) is 30.3 Å². The minimum absolute atomic E-state index is 0.0103. The number of halogens is 3. The molecule has 1 saturated heterocycles. The fraction of sp³-hybridized carbons (Fsp3) is 0.346. The number of hydrogen-bond donors (Lipinski definition) is 2. The molecule has 9 nitrogen and oxygen atoms in total. The molecule has 0 aliphatic carbocycles. The molecule has 1 amide bonds. The molecule has 12 heteroatoms. The third-order valence-electron chi connectivity index (χ3n) is 5.77. The number of pyridine rings is 2. The first-order valence-corrected chi connectivity index (χ1v) is 12.5. The van der Waals surface area contributed by atoms with Gasteiger partial charge in [-0.1, -0.05) is 26.3 Å². The number of likely N-dealkylation sites (tertiary alicyclic amines) is 1. The van der Waals surface area contributed by atoms with Gasteiger partial charge < -0.3 is 10.6 Å². The van der Waals surface area contributed by atoms with Crippen LogP contribution >= 0.6 is 0 Å². The SMILES string of the molecule is CC.O=C(CN1CCCCC1)Nc1cc(Nc2nc(-c3cccc(C(F)(F)F)n3)nn3cccc23)ccn1. The van der Waals surface area contributed by atoms with E-state index in [1.165, 1.54) is 23.1 Å². The zero-order chi connectivity index (χ0) is 27.1. The molecule has 4 aromatic heterocycles. The molecule has 0 spiro atoms. The summed E-state index contributed by atoms with van der Waals surface area (Å²) in [5, 5.41) is 10.3. The number of rotatable bonds is 6. The zero-order valence-electron chi connectivity index (χ0n) is 21.2. The van der Waals surface area contributed by atoms with Gasteiger partial charge in [0, 0.05) is 24.1 Å². The van der Waals surface area contributed by atoms with E-state index in [1.807, 2.05) is 13.8 Å². The maximum atomic E-state index is 13.2. The van der Waals surface area contributed by atoms with Crippen molar-refractivity contribution < 1.29 is 18.0 Å². The molecule has 5 rings (SSSR count). The number of amides is 1. The summed E-state index contributed by atoms with van der Waals surface area (Å²) in [6.07, 6.45) is 2.01. The Bertz CT molecular complexity index is 1380. The number of carbonyl (C=O) groups excluding carboxylic acids is 1. The average molecular weight is 527 g/mol. The van der Waals surface area contributed by atoms with E-state index in [0.29, 0.717) is 29.4 Å². The van der Waals surface area contributed by atoms with Crippen LogP contribution in [-0.4, -0.2) is 55.0 Å². The van der Waals surface area contributed by atoms with Gasteiger partial charge in [0.15, 0.2) is 5.82 Å². The monoisotopic (exact) mass is 526 g/mol. The van der Waals surface area contributed by atoms with E-state index in [0.717, 1.165) is 32.0 Å². The van der Waals surface area contributed by atoms with Crippen molar-refractivity contribution in [2.24, 2.45) is 0 Å². The normalized spacial score (nSPS) is 14.0. The summed E-state index contributed by atoms with van der Waals surface area (Å²) in [5.74, 6) is 0.620. The molecule has 0 unspecified atom stereocenters. The Kier molecular flexibility index (Phi) is 8.52. The molecular weight excluding hydrogens is 497 g/mol. The first-order chi connectivity index (χ1) is 18.3. The highest BCUT2D eigenvalue weighted by Crippen LogP contribution is 2.29. The van der Waals surface area contributed by atoms with Crippen molar-refractivity contribution in [1.82, 2.24) is 29.5 Å². The minimum atomic E-state index is -4.58. The Hall–Kier alpha value is -4.06. The van der Waals surface area contributed by atoms with Crippen LogP contribution in [0.25, 0.3) is 17.0 Å². The summed E-state index contributed by atoms with van der Waals surface area (Å²) in [6.45, 7) is 6.13. The lowest BCUT2D eigenvalue weighted by Crippen LogP contribution is -2.36. The van der Waals surface area contributed by atoms with Crippen LogP contribution in [0.3, 0.4) is 0 Å². The fourth-order valence-electron chi connectivity index (χ4n) is 4.07. The average Bonchev–Trinajstić information content (AvgIpc) is 3.39. The topological polar surface area (TPSA) is 100 Å². The number of piperidine rings is 1. The van der Waals surface area contributed by atoms with Gasteiger partial charge in [-0.15, -0.1) is 5.10 Å². The van der Waals surface area contributed by atoms with Gasteiger partial charge in [-0.2, -0.15) is 13.2 Å². The van der Waals surface area contributed by atoms with Crippen molar-refractivity contribution in [2.45, 2.75) is 39.3 Å². The van der Waals surface area contributed by atoms with Gasteiger partial charge in [0.05, 0.1) is 6.54 Å². The maximum absolute atomic E-state index is 13.2. The van der Waals surface area contributed by atoms with Gasteiger partial charge in [0.2, 0.25) is 11.7 Å². The van der Waals surface area contributed by atoms with E-state index in [-0.39, 0.29) is 17.4 Å². The summed E-state index contributed by atoms with van der Waals surface area (Å²) in [4.78, 5) is 26.9. The van der Waals surface area contributed by atoms with E-state index in [2.05, 4.69) is 35.6 Å². The Balaban J connectivity index is 0.00000164. The first-order valence-electron chi connectivity index (χ1n) is 12.5. The summed E-state index contributed by atoms with van der Waals surface area (Å²) in [7, 11) is 0. The highest BCUT2D eigenvalue weighted by molar-refractivity contribution is 5.92. The Morgan fingerprint density at radius 3 is 2.58 bits per heavy atom. The number of carbonyl (C=O) groups is 1. The number of fused-ring (bicyclic) bond motifs is 1. The molecule has 0 radical (unpaired) electrons. The molecule has 5 heterocycles. The molecule has 200 valence electrons. The second-order valence-electron chi connectivity index (χ2n) is 8.47. The van der Waals surface area contributed by atoms with E-state index in [4.69, 9.17) is 0 Å². The third kappa shape index (κ3) is 6.62. The lowest BCUT2D eigenvalue weighted by atomic mass is 10.1. The highest BCUT2D eigenvalue weighted by atomic mass is 19.4. The second kappa shape index (κ2) is 12.0. The van der Waals surface area contributed by atoms with Gasteiger partial charge in [0.25, 0.3) is 0 Å². The number of hydrogen-bond acceptors (Lipinski definition) is 7.